The van der Waals surface area contributed by atoms with Crippen molar-refractivity contribution in [3.8, 4) is 0 Å². The van der Waals surface area contributed by atoms with Crippen LogP contribution in [0.4, 0.5) is 4.39 Å². The normalized spacial score (nSPS) is 27.9. The van der Waals surface area contributed by atoms with Crippen LogP contribution in [0.3, 0.4) is 0 Å². The Bertz CT molecular complexity index is 350. The van der Waals surface area contributed by atoms with Crippen LogP contribution in [0.2, 0.25) is 0 Å². The predicted molar refractivity (Wildman–Crippen MR) is 60.8 cm³/mol. The Morgan fingerprint density at radius 1 is 1.38 bits per heavy atom. The SMILES string of the molecule is CC[C@@H](C)C1(F)CCCCCc2n[nH]nc21. The Morgan fingerprint density at radius 3 is 2.94 bits per heavy atom. The van der Waals surface area contributed by atoms with E-state index in [1.54, 1.807) is 0 Å². The molecule has 0 fully saturated rings. The second-order valence-electron chi connectivity index (χ2n) is 4.85. The summed E-state index contributed by atoms with van der Waals surface area (Å²) in [5, 5.41) is 10.8. The van der Waals surface area contributed by atoms with Gasteiger partial charge < -0.3 is 0 Å². The number of nitrogens with zero attached hydrogens (tertiary/aromatic N) is 2. The number of aromatic nitrogens is 3. The van der Waals surface area contributed by atoms with Gasteiger partial charge in [-0.05, 0) is 31.6 Å². The van der Waals surface area contributed by atoms with Crippen LogP contribution < -0.4 is 0 Å². The number of aryl methyl sites for hydroxylation is 1. The topological polar surface area (TPSA) is 41.6 Å². The first-order valence-corrected chi connectivity index (χ1v) is 6.27. The average molecular weight is 225 g/mol. The highest BCUT2D eigenvalue weighted by atomic mass is 19.1. The smallest absolute Gasteiger partial charge is 0.159 e. The molecule has 1 heterocycles. The second kappa shape index (κ2) is 4.52. The largest absolute Gasteiger partial charge is 0.237 e. The zero-order valence-electron chi connectivity index (χ0n) is 10.1. The highest BCUT2D eigenvalue weighted by Crippen LogP contribution is 2.42. The number of fused-ring (bicyclic) bond motifs is 1. The third-order valence-corrected chi connectivity index (χ3v) is 3.86. The molecule has 0 aromatic carbocycles. The highest BCUT2D eigenvalue weighted by molar-refractivity contribution is 5.19. The molecule has 1 aliphatic rings. The minimum absolute atomic E-state index is 0.00875. The third kappa shape index (κ3) is 1.85. The molecular weight excluding hydrogens is 205 g/mol. The lowest BCUT2D eigenvalue weighted by molar-refractivity contribution is 0.0632. The van der Waals surface area contributed by atoms with Gasteiger partial charge in [-0.3, -0.25) is 0 Å². The maximum absolute atomic E-state index is 15.1. The van der Waals surface area contributed by atoms with Gasteiger partial charge in [-0.1, -0.05) is 26.7 Å². The summed E-state index contributed by atoms with van der Waals surface area (Å²) < 4.78 is 15.1. The first-order valence-electron chi connectivity index (χ1n) is 6.27. The summed E-state index contributed by atoms with van der Waals surface area (Å²) in [5.41, 5.74) is 0.126. The molecule has 0 radical (unpaired) electrons. The summed E-state index contributed by atoms with van der Waals surface area (Å²) in [6, 6.07) is 0. The van der Waals surface area contributed by atoms with E-state index in [2.05, 4.69) is 15.4 Å². The van der Waals surface area contributed by atoms with E-state index in [4.69, 9.17) is 0 Å². The summed E-state index contributed by atoms with van der Waals surface area (Å²) in [7, 11) is 0. The van der Waals surface area contributed by atoms with Crippen molar-refractivity contribution in [1.82, 2.24) is 15.4 Å². The van der Waals surface area contributed by atoms with Crippen molar-refractivity contribution in [2.45, 2.75) is 58.0 Å². The van der Waals surface area contributed by atoms with Crippen molar-refractivity contribution in [3.63, 3.8) is 0 Å². The molecule has 1 unspecified atom stereocenters. The minimum atomic E-state index is -1.28. The Balaban J connectivity index is 2.38. The zero-order valence-corrected chi connectivity index (χ0v) is 10.1. The van der Waals surface area contributed by atoms with Crippen LogP contribution in [0.5, 0.6) is 0 Å². The maximum atomic E-state index is 15.1. The molecule has 2 atom stereocenters. The van der Waals surface area contributed by atoms with Crippen LogP contribution in [0, 0.1) is 5.92 Å². The highest BCUT2D eigenvalue weighted by Gasteiger charge is 2.41. The molecule has 4 heteroatoms. The van der Waals surface area contributed by atoms with E-state index in [9.17, 15) is 0 Å². The van der Waals surface area contributed by atoms with Crippen molar-refractivity contribution < 1.29 is 4.39 Å². The number of hydrogen-bond acceptors (Lipinski definition) is 2. The molecular formula is C12H20FN3. The van der Waals surface area contributed by atoms with Gasteiger partial charge in [0.25, 0.3) is 0 Å². The lowest BCUT2D eigenvalue weighted by Gasteiger charge is -2.31. The van der Waals surface area contributed by atoms with Crippen LogP contribution in [-0.2, 0) is 12.1 Å². The maximum Gasteiger partial charge on any atom is 0.159 e. The fraction of sp³-hybridized carbons (Fsp3) is 0.833. The van der Waals surface area contributed by atoms with Gasteiger partial charge in [-0.15, -0.1) is 0 Å². The molecule has 0 saturated heterocycles. The van der Waals surface area contributed by atoms with Gasteiger partial charge in [0.05, 0.1) is 5.69 Å². The number of H-pyrrole nitrogens is 1. The lowest BCUT2D eigenvalue weighted by atomic mass is 9.79. The Hall–Kier alpha value is -0.930. The van der Waals surface area contributed by atoms with E-state index in [0.717, 1.165) is 37.8 Å². The molecule has 3 nitrogen and oxygen atoms in total. The molecule has 16 heavy (non-hydrogen) atoms. The molecule has 1 N–H and O–H groups in total. The molecule has 0 amide bonds. The molecule has 1 aliphatic carbocycles. The Morgan fingerprint density at radius 2 is 2.19 bits per heavy atom. The van der Waals surface area contributed by atoms with Crippen molar-refractivity contribution >= 4 is 0 Å². The number of halogens is 1. The molecule has 0 saturated carbocycles. The summed E-state index contributed by atoms with van der Waals surface area (Å²) in [4.78, 5) is 0. The summed E-state index contributed by atoms with van der Waals surface area (Å²) >= 11 is 0. The number of hydrogen-bond donors (Lipinski definition) is 1. The van der Waals surface area contributed by atoms with E-state index < -0.39 is 5.67 Å². The monoisotopic (exact) mass is 225 g/mol. The zero-order chi connectivity index (χ0) is 11.6. The molecule has 1 aromatic rings. The minimum Gasteiger partial charge on any atom is -0.237 e. The van der Waals surface area contributed by atoms with Gasteiger partial charge in [0.1, 0.15) is 5.69 Å². The van der Waals surface area contributed by atoms with Crippen molar-refractivity contribution in [1.29, 1.82) is 0 Å². The van der Waals surface area contributed by atoms with E-state index in [-0.39, 0.29) is 5.92 Å². The Kier molecular flexibility index (Phi) is 3.26. The molecule has 0 bridgehead atoms. The Labute approximate surface area is 95.8 Å². The first-order chi connectivity index (χ1) is 7.68. The standard InChI is InChI=1S/C12H20FN3/c1-3-9(2)12(13)8-6-4-5-7-10-11(12)15-16-14-10/h9H,3-8H2,1-2H3,(H,14,15,16)/t9-,12?/m1/s1. The quantitative estimate of drug-likeness (QED) is 0.840. The first kappa shape index (κ1) is 11.6. The van der Waals surface area contributed by atoms with Crippen LogP contribution in [0.1, 0.15) is 57.3 Å². The average Bonchev–Trinajstić information content (AvgIpc) is 2.73. The van der Waals surface area contributed by atoms with Gasteiger partial charge in [-0.2, -0.15) is 15.4 Å². The molecule has 0 aliphatic heterocycles. The van der Waals surface area contributed by atoms with Gasteiger partial charge >= 0.3 is 0 Å². The second-order valence-corrected chi connectivity index (χ2v) is 4.85. The van der Waals surface area contributed by atoms with Crippen molar-refractivity contribution in [2.24, 2.45) is 5.92 Å². The van der Waals surface area contributed by atoms with E-state index in [1.165, 1.54) is 0 Å². The van der Waals surface area contributed by atoms with E-state index >= 15 is 4.39 Å². The fourth-order valence-electron chi connectivity index (χ4n) is 2.53. The van der Waals surface area contributed by atoms with Crippen LogP contribution in [0.25, 0.3) is 0 Å². The van der Waals surface area contributed by atoms with Gasteiger partial charge in [0.15, 0.2) is 5.67 Å². The molecule has 0 spiro atoms. The predicted octanol–water partition coefficient (Wildman–Crippen LogP) is 3.13. The van der Waals surface area contributed by atoms with Crippen LogP contribution in [0.15, 0.2) is 0 Å². The number of rotatable bonds is 2. The number of aromatic amines is 1. The number of nitrogens with one attached hydrogen (secondary N) is 1. The van der Waals surface area contributed by atoms with Gasteiger partial charge in [-0.25, -0.2) is 4.39 Å². The van der Waals surface area contributed by atoms with Crippen LogP contribution in [-0.4, -0.2) is 15.4 Å². The summed E-state index contributed by atoms with van der Waals surface area (Å²) in [6.45, 7) is 4.00. The van der Waals surface area contributed by atoms with Crippen molar-refractivity contribution in [2.75, 3.05) is 0 Å². The fourth-order valence-corrected chi connectivity index (χ4v) is 2.53. The number of alkyl halides is 1. The van der Waals surface area contributed by atoms with Gasteiger partial charge in [0.2, 0.25) is 0 Å². The molecule has 2 rings (SSSR count). The van der Waals surface area contributed by atoms with Crippen LogP contribution >= 0.6 is 0 Å². The molecule has 1 aromatic heterocycles. The van der Waals surface area contributed by atoms with Gasteiger partial charge in [0, 0.05) is 0 Å². The third-order valence-electron chi connectivity index (χ3n) is 3.86. The summed E-state index contributed by atoms with van der Waals surface area (Å²) in [6.07, 6.45) is 5.41. The van der Waals surface area contributed by atoms with E-state index in [0.29, 0.717) is 12.1 Å². The lowest BCUT2D eigenvalue weighted by Crippen LogP contribution is -2.31. The summed E-state index contributed by atoms with van der Waals surface area (Å²) in [5.74, 6) is 0.00875. The molecule has 90 valence electrons. The van der Waals surface area contributed by atoms with E-state index in [1.807, 2.05) is 13.8 Å². The van der Waals surface area contributed by atoms with Crippen molar-refractivity contribution in [3.05, 3.63) is 11.4 Å².